The van der Waals surface area contributed by atoms with Gasteiger partial charge in [0.05, 0.1) is 5.60 Å². The topological polar surface area (TPSA) is 20.2 Å². The Bertz CT molecular complexity index is 626. The van der Waals surface area contributed by atoms with E-state index in [9.17, 15) is 9.50 Å². The van der Waals surface area contributed by atoms with Gasteiger partial charge in [0.1, 0.15) is 5.82 Å². The van der Waals surface area contributed by atoms with Crippen LogP contribution in [0.4, 0.5) is 4.39 Å². The summed E-state index contributed by atoms with van der Waals surface area (Å²) in [5, 5.41) is 10.9. The van der Waals surface area contributed by atoms with Gasteiger partial charge in [-0.1, -0.05) is 46.3 Å². The molecular weight excluding hydrogens is 307 g/mol. The number of halogens is 2. The van der Waals surface area contributed by atoms with Crippen LogP contribution >= 0.6 is 15.9 Å². The van der Waals surface area contributed by atoms with Gasteiger partial charge in [-0.15, -0.1) is 0 Å². The van der Waals surface area contributed by atoms with Crippen LogP contribution in [-0.2, 0) is 18.4 Å². The third-order valence-corrected chi connectivity index (χ3v) is 4.62. The highest BCUT2D eigenvalue weighted by Gasteiger charge is 2.38. The number of benzene rings is 2. The summed E-state index contributed by atoms with van der Waals surface area (Å²) < 4.78 is 14.7. The van der Waals surface area contributed by atoms with E-state index in [0.717, 1.165) is 15.6 Å². The zero-order chi connectivity index (χ0) is 13.5. The van der Waals surface area contributed by atoms with E-state index in [0.29, 0.717) is 24.8 Å². The lowest BCUT2D eigenvalue weighted by atomic mass is 9.89. The second-order valence-corrected chi connectivity index (χ2v) is 5.92. The first-order valence-electron chi connectivity index (χ1n) is 6.34. The van der Waals surface area contributed by atoms with Gasteiger partial charge in [-0.3, -0.25) is 0 Å². The lowest BCUT2D eigenvalue weighted by molar-refractivity contribution is 0.0388. The molecule has 0 amide bonds. The maximum Gasteiger partial charge on any atom is 0.126 e. The van der Waals surface area contributed by atoms with E-state index in [-0.39, 0.29) is 5.82 Å². The molecular formula is C16H14BrFO. The van der Waals surface area contributed by atoms with E-state index in [4.69, 9.17) is 0 Å². The third-order valence-electron chi connectivity index (χ3n) is 3.85. The summed E-state index contributed by atoms with van der Waals surface area (Å²) in [5.74, 6) is -0.208. The summed E-state index contributed by atoms with van der Waals surface area (Å²) in [4.78, 5) is 0. The SMILES string of the molecule is OC1(Cc2ccccc2Br)CCc2c(F)cccc21. The van der Waals surface area contributed by atoms with Crippen molar-refractivity contribution in [3.05, 3.63) is 69.4 Å². The summed E-state index contributed by atoms with van der Waals surface area (Å²) in [7, 11) is 0. The molecule has 0 fully saturated rings. The molecule has 1 aliphatic carbocycles. The average Bonchev–Trinajstić information content (AvgIpc) is 2.72. The van der Waals surface area contributed by atoms with E-state index in [1.54, 1.807) is 6.07 Å². The minimum atomic E-state index is -0.957. The second-order valence-electron chi connectivity index (χ2n) is 5.07. The molecule has 0 saturated carbocycles. The highest BCUT2D eigenvalue weighted by Crippen LogP contribution is 2.41. The molecule has 3 rings (SSSR count). The number of fused-ring (bicyclic) bond motifs is 1. The van der Waals surface area contributed by atoms with Crippen LogP contribution in [0, 0.1) is 5.82 Å². The normalized spacial score (nSPS) is 21.4. The molecule has 3 heteroatoms. The molecule has 0 heterocycles. The fourth-order valence-corrected chi connectivity index (χ4v) is 3.28. The van der Waals surface area contributed by atoms with Crippen molar-refractivity contribution in [1.82, 2.24) is 0 Å². The van der Waals surface area contributed by atoms with Crippen molar-refractivity contribution in [2.24, 2.45) is 0 Å². The van der Waals surface area contributed by atoms with Crippen LogP contribution in [0.2, 0.25) is 0 Å². The van der Waals surface area contributed by atoms with E-state index >= 15 is 0 Å². The monoisotopic (exact) mass is 320 g/mol. The van der Waals surface area contributed by atoms with Crippen molar-refractivity contribution in [2.75, 3.05) is 0 Å². The van der Waals surface area contributed by atoms with E-state index in [2.05, 4.69) is 15.9 Å². The first-order valence-corrected chi connectivity index (χ1v) is 7.13. The van der Waals surface area contributed by atoms with E-state index in [1.165, 1.54) is 6.07 Å². The summed E-state index contributed by atoms with van der Waals surface area (Å²) in [6.07, 6.45) is 1.68. The van der Waals surface area contributed by atoms with Gasteiger partial charge in [-0.25, -0.2) is 4.39 Å². The van der Waals surface area contributed by atoms with Crippen LogP contribution in [0.1, 0.15) is 23.1 Å². The van der Waals surface area contributed by atoms with Crippen molar-refractivity contribution in [3.8, 4) is 0 Å². The van der Waals surface area contributed by atoms with Crippen molar-refractivity contribution in [2.45, 2.75) is 24.9 Å². The lowest BCUT2D eigenvalue weighted by Crippen LogP contribution is -2.25. The van der Waals surface area contributed by atoms with Gasteiger partial charge in [0.25, 0.3) is 0 Å². The largest absolute Gasteiger partial charge is 0.385 e. The van der Waals surface area contributed by atoms with Crippen LogP contribution < -0.4 is 0 Å². The molecule has 0 spiro atoms. The van der Waals surface area contributed by atoms with Gasteiger partial charge < -0.3 is 5.11 Å². The third kappa shape index (κ3) is 2.21. The minimum Gasteiger partial charge on any atom is -0.385 e. The molecule has 2 aromatic carbocycles. The molecule has 0 aromatic heterocycles. The number of hydrogen-bond acceptors (Lipinski definition) is 1. The van der Waals surface area contributed by atoms with Crippen molar-refractivity contribution < 1.29 is 9.50 Å². The molecule has 0 bridgehead atoms. The lowest BCUT2D eigenvalue weighted by Gasteiger charge is -2.24. The Hall–Kier alpha value is -1.19. The molecule has 1 unspecified atom stereocenters. The van der Waals surface area contributed by atoms with Crippen LogP contribution in [0.25, 0.3) is 0 Å². The maximum atomic E-state index is 13.7. The summed E-state index contributed by atoms with van der Waals surface area (Å²) in [5.41, 5.74) is 1.49. The quantitative estimate of drug-likeness (QED) is 0.887. The predicted octanol–water partition coefficient (Wildman–Crippen LogP) is 3.96. The predicted molar refractivity (Wildman–Crippen MR) is 76.5 cm³/mol. The molecule has 0 saturated heterocycles. The highest BCUT2D eigenvalue weighted by atomic mass is 79.9. The van der Waals surface area contributed by atoms with Crippen LogP contribution in [0.3, 0.4) is 0 Å². The van der Waals surface area contributed by atoms with Gasteiger partial charge in [-0.2, -0.15) is 0 Å². The zero-order valence-corrected chi connectivity index (χ0v) is 12.0. The van der Waals surface area contributed by atoms with Gasteiger partial charge in [0, 0.05) is 10.9 Å². The summed E-state index contributed by atoms with van der Waals surface area (Å²) >= 11 is 3.50. The Morgan fingerprint density at radius 2 is 1.95 bits per heavy atom. The summed E-state index contributed by atoms with van der Waals surface area (Å²) in [6.45, 7) is 0. The van der Waals surface area contributed by atoms with Gasteiger partial charge in [0.2, 0.25) is 0 Å². The van der Waals surface area contributed by atoms with Gasteiger partial charge in [-0.05, 0) is 41.7 Å². The first-order chi connectivity index (χ1) is 9.10. The Morgan fingerprint density at radius 3 is 2.74 bits per heavy atom. The molecule has 98 valence electrons. The van der Waals surface area contributed by atoms with E-state index in [1.807, 2.05) is 30.3 Å². The molecule has 0 radical (unpaired) electrons. The smallest absolute Gasteiger partial charge is 0.126 e. The van der Waals surface area contributed by atoms with Crippen LogP contribution in [-0.4, -0.2) is 5.11 Å². The van der Waals surface area contributed by atoms with Crippen molar-refractivity contribution in [3.63, 3.8) is 0 Å². The standard InChI is InChI=1S/C16H14BrFO/c17-14-6-2-1-4-11(14)10-16(19)9-8-12-13(16)5-3-7-15(12)18/h1-7,19H,8-10H2. The summed E-state index contributed by atoms with van der Waals surface area (Å²) in [6, 6.07) is 12.8. The van der Waals surface area contributed by atoms with Crippen molar-refractivity contribution in [1.29, 1.82) is 0 Å². The fourth-order valence-electron chi connectivity index (χ4n) is 2.86. The number of aliphatic hydroxyl groups is 1. The average molecular weight is 321 g/mol. The van der Waals surface area contributed by atoms with Gasteiger partial charge >= 0.3 is 0 Å². The molecule has 2 aromatic rings. The fraction of sp³-hybridized carbons (Fsp3) is 0.250. The maximum absolute atomic E-state index is 13.7. The second kappa shape index (κ2) is 4.73. The molecule has 0 aliphatic heterocycles. The molecule has 1 atom stereocenters. The number of hydrogen-bond donors (Lipinski definition) is 1. The Morgan fingerprint density at radius 1 is 1.16 bits per heavy atom. The Kier molecular flexibility index (Phi) is 3.19. The number of rotatable bonds is 2. The molecule has 1 aliphatic rings. The molecule has 1 N–H and O–H groups in total. The highest BCUT2D eigenvalue weighted by molar-refractivity contribution is 9.10. The van der Waals surface area contributed by atoms with E-state index < -0.39 is 5.60 Å². The molecule has 1 nitrogen and oxygen atoms in total. The van der Waals surface area contributed by atoms with Gasteiger partial charge in [0.15, 0.2) is 0 Å². The van der Waals surface area contributed by atoms with Crippen molar-refractivity contribution >= 4 is 15.9 Å². The first kappa shape index (κ1) is 12.8. The molecule has 19 heavy (non-hydrogen) atoms. The Balaban J connectivity index is 1.99. The van der Waals surface area contributed by atoms with Crippen LogP contribution in [0.15, 0.2) is 46.9 Å². The zero-order valence-electron chi connectivity index (χ0n) is 10.4. The Labute approximate surface area is 120 Å². The minimum absolute atomic E-state index is 0.208. The van der Waals surface area contributed by atoms with Crippen LogP contribution in [0.5, 0.6) is 0 Å².